The van der Waals surface area contributed by atoms with Crippen molar-refractivity contribution in [1.82, 2.24) is 4.90 Å². The number of hydrogen-bond donors (Lipinski definition) is 1. The van der Waals surface area contributed by atoms with E-state index in [0.717, 1.165) is 3.57 Å². The second kappa shape index (κ2) is 6.28. The van der Waals surface area contributed by atoms with Crippen molar-refractivity contribution in [3.05, 3.63) is 32.4 Å². The topological polar surface area (TPSA) is 66.8 Å². The van der Waals surface area contributed by atoms with E-state index >= 15 is 0 Å². The summed E-state index contributed by atoms with van der Waals surface area (Å²) >= 11 is 8.08. The lowest BCUT2D eigenvalue weighted by molar-refractivity contribution is -0.142. The molecule has 5 nitrogen and oxygen atoms in total. The molecule has 0 spiro atoms. The molecule has 1 aliphatic rings. The summed E-state index contributed by atoms with van der Waals surface area (Å²) in [6.45, 7) is 0.363. The highest BCUT2D eigenvalue weighted by Crippen LogP contribution is 2.23. The standard InChI is InChI=1S/C13H13ClINO4/c1-16(11-6-20-5-8(11)13(18)19)12(17)7-2-3-10(15)9(14)4-7/h2-4,8,11H,5-6H2,1H3,(H,18,19). The Hall–Kier alpha value is -0.860. The number of carbonyl (C=O) groups excluding carboxylic acids is 1. The SMILES string of the molecule is CN(C(=O)c1ccc(I)c(Cl)c1)C1COCC1C(=O)O. The minimum Gasteiger partial charge on any atom is -0.481 e. The third-order valence-electron chi connectivity index (χ3n) is 3.35. The molecule has 0 aromatic heterocycles. The number of ether oxygens (including phenoxy) is 1. The molecule has 1 fully saturated rings. The van der Waals surface area contributed by atoms with Gasteiger partial charge in [0.25, 0.3) is 5.91 Å². The predicted octanol–water partition coefficient (Wildman–Crippen LogP) is 2.12. The number of hydrogen-bond acceptors (Lipinski definition) is 3. The molecule has 1 aliphatic heterocycles. The van der Waals surface area contributed by atoms with Gasteiger partial charge in [0.05, 0.1) is 24.3 Å². The minimum atomic E-state index is -0.951. The monoisotopic (exact) mass is 409 g/mol. The van der Waals surface area contributed by atoms with E-state index in [1.807, 2.05) is 0 Å². The summed E-state index contributed by atoms with van der Waals surface area (Å²) < 4.78 is 6.04. The fourth-order valence-corrected chi connectivity index (χ4v) is 2.66. The second-order valence-electron chi connectivity index (χ2n) is 4.59. The number of carboxylic acid groups (broad SMARTS) is 1. The van der Waals surface area contributed by atoms with Crippen LogP contribution in [0.15, 0.2) is 18.2 Å². The summed E-state index contributed by atoms with van der Waals surface area (Å²) in [5.41, 5.74) is 0.439. The molecule has 108 valence electrons. The molecule has 0 bridgehead atoms. The number of carbonyl (C=O) groups is 2. The van der Waals surface area contributed by atoms with Gasteiger partial charge in [-0.2, -0.15) is 0 Å². The van der Waals surface area contributed by atoms with Crippen molar-refractivity contribution < 1.29 is 19.4 Å². The normalized spacial score (nSPS) is 21.8. The molecule has 1 heterocycles. The lowest BCUT2D eigenvalue weighted by atomic mass is 10.0. The van der Waals surface area contributed by atoms with Crippen LogP contribution in [0.4, 0.5) is 0 Å². The molecule has 1 saturated heterocycles. The van der Waals surface area contributed by atoms with Crippen molar-refractivity contribution in [3.63, 3.8) is 0 Å². The molecule has 20 heavy (non-hydrogen) atoms. The molecule has 7 heteroatoms. The van der Waals surface area contributed by atoms with E-state index in [2.05, 4.69) is 22.6 Å². The Morgan fingerprint density at radius 1 is 1.45 bits per heavy atom. The number of nitrogens with zero attached hydrogens (tertiary/aromatic N) is 1. The number of halogens is 2. The zero-order chi connectivity index (χ0) is 14.9. The summed E-state index contributed by atoms with van der Waals surface area (Å²) in [5.74, 6) is -1.90. The Balaban J connectivity index is 2.19. The van der Waals surface area contributed by atoms with Gasteiger partial charge in [-0.05, 0) is 40.8 Å². The van der Waals surface area contributed by atoms with Crippen LogP contribution >= 0.6 is 34.2 Å². The van der Waals surface area contributed by atoms with Crippen molar-refractivity contribution in [2.24, 2.45) is 5.92 Å². The molecule has 2 rings (SSSR count). The highest BCUT2D eigenvalue weighted by molar-refractivity contribution is 14.1. The smallest absolute Gasteiger partial charge is 0.311 e. The molecule has 0 radical (unpaired) electrons. The molecule has 1 aromatic rings. The number of amides is 1. The molecule has 2 atom stereocenters. The van der Waals surface area contributed by atoms with E-state index in [4.69, 9.17) is 21.4 Å². The first-order valence-corrected chi connectivity index (χ1v) is 7.40. The summed E-state index contributed by atoms with van der Waals surface area (Å²) in [7, 11) is 1.59. The van der Waals surface area contributed by atoms with Gasteiger partial charge in [0.1, 0.15) is 5.92 Å². The van der Waals surface area contributed by atoms with Crippen LogP contribution in [0.5, 0.6) is 0 Å². The number of likely N-dealkylation sites (N-methyl/N-ethyl adjacent to an activating group) is 1. The maximum absolute atomic E-state index is 12.4. The van der Waals surface area contributed by atoms with Crippen LogP contribution < -0.4 is 0 Å². The van der Waals surface area contributed by atoms with Crippen molar-refractivity contribution in [3.8, 4) is 0 Å². The lowest BCUT2D eigenvalue weighted by Crippen LogP contribution is -2.44. The summed E-state index contributed by atoms with van der Waals surface area (Å²) in [6, 6.07) is 4.56. The van der Waals surface area contributed by atoms with Gasteiger partial charge in [-0.15, -0.1) is 0 Å². The molecule has 1 N–H and O–H groups in total. The third-order valence-corrected chi connectivity index (χ3v) is 4.92. The van der Waals surface area contributed by atoms with E-state index < -0.39 is 17.9 Å². The number of rotatable bonds is 3. The van der Waals surface area contributed by atoms with Gasteiger partial charge >= 0.3 is 5.97 Å². The quantitative estimate of drug-likeness (QED) is 0.777. The van der Waals surface area contributed by atoms with Crippen LogP contribution in [0.2, 0.25) is 5.02 Å². The third kappa shape index (κ3) is 3.07. The van der Waals surface area contributed by atoms with Gasteiger partial charge in [0.2, 0.25) is 0 Å². The predicted molar refractivity (Wildman–Crippen MR) is 82.0 cm³/mol. The zero-order valence-corrected chi connectivity index (χ0v) is 13.6. The maximum atomic E-state index is 12.4. The van der Waals surface area contributed by atoms with Crippen LogP contribution in [-0.2, 0) is 9.53 Å². The molecule has 0 saturated carbocycles. The van der Waals surface area contributed by atoms with Gasteiger partial charge in [0.15, 0.2) is 0 Å². The van der Waals surface area contributed by atoms with Crippen LogP contribution in [0.25, 0.3) is 0 Å². The fourth-order valence-electron chi connectivity index (χ4n) is 2.14. The Kier molecular flexibility index (Phi) is 4.87. The summed E-state index contributed by atoms with van der Waals surface area (Å²) in [5, 5.41) is 9.63. The van der Waals surface area contributed by atoms with E-state index in [9.17, 15) is 9.59 Å². The summed E-state index contributed by atoms with van der Waals surface area (Å²) in [6.07, 6.45) is 0. The molecule has 1 amide bonds. The average molecular weight is 410 g/mol. The molecular formula is C13H13ClINO4. The summed E-state index contributed by atoms with van der Waals surface area (Å²) in [4.78, 5) is 24.9. The van der Waals surface area contributed by atoms with Crippen molar-refractivity contribution in [2.75, 3.05) is 20.3 Å². The fraction of sp³-hybridized carbons (Fsp3) is 0.385. The number of carboxylic acids is 1. The molecular weight excluding hydrogens is 397 g/mol. The van der Waals surface area contributed by atoms with Crippen LogP contribution in [0, 0.1) is 9.49 Å². The Morgan fingerprint density at radius 2 is 2.15 bits per heavy atom. The first kappa shape index (κ1) is 15.5. The lowest BCUT2D eigenvalue weighted by Gasteiger charge is -2.26. The molecule has 0 aliphatic carbocycles. The van der Waals surface area contributed by atoms with Crippen LogP contribution in [-0.4, -0.2) is 48.2 Å². The highest BCUT2D eigenvalue weighted by atomic mass is 127. The van der Waals surface area contributed by atoms with E-state index in [1.54, 1.807) is 25.2 Å². The van der Waals surface area contributed by atoms with Crippen LogP contribution in [0.1, 0.15) is 10.4 Å². The highest BCUT2D eigenvalue weighted by Gasteiger charge is 2.38. The van der Waals surface area contributed by atoms with Gasteiger partial charge in [0, 0.05) is 16.2 Å². The van der Waals surface area contributed by atoms with Gasteiger partial charge in [-0.3, -0.25) is 9.59 Å². The Morgan fingerprint density at radius 3 is 2.75 bits per heavy atom. The first-order valence-electron chi connectivity index (χ1n) is 5.94. The van der Waals surface area contributed by atoms with Crippen LogP contribution in [0.3, 0.4) is 0 Å². The number of benzene rings is 1. The molecule has 2 unspecified atom stereocenters. The largest absolute Gasteiger partial charge is 0.481 e. The van der Waals surface area contributed by atoms with E-state index in [-0.39, 0.29) is 19.1 Å². The second-order valence-corrected chi connectivity index (χ2v) is 6.16. The van der Waals surface area contributed by atoms with Crippen molar-refractivity contribution in [1.29, 1.82) is 0 Å². The maximum Gasteiger partial charge on any atom is 0.311 e. The van der Waals surface area contributed by atoms with Gasteiger partial charge < -0.3 is 14.7 Å². The van der Waals surface area contributed by atoms with E-state index in [0.29, 0.717) is 10.6 Å². The van der Waals surface area contributed by atoms with Crippen molar-refractivity contribution in [2.45, 2.75) is 6.04 Å². The Labute approximate surface area is 135 Å². The number of aliphatic carboxylic acids is 1. The zero-order valence-electron chi connectivity index (χ0n) is 10.7. The first-order chi connectivity index (χ1) is 9.41. The van der Waals surface area contributed by atoms with Gasteiger partial charge in [-0.1, -0.05) is 11.6 Å². The molecule has 1 aromatic carbocycles. The van der Waals surface area contributed by atoms with Crippen molar-refractivity contribution >= 4 is 46.1 Å². The van der Waals surface area contributed by atoms with E-state index in [1.165, 1.54) is 4.90 Å². The Bertz CT molecular complexity index is 551. The minimum absolute atomic E-state index is 0.130. The van der Waals surface area contributed by atoms with Gasteiger partial charge in [-0.25, -0.2) is 0 Å². The average Bonchev–Trinajstić information content (AvgIpc) is 2.89.